The van der Waals surface area contributed by atoms with Gasteiger partial charge in [0.1, 0.15) is 0 Å². The number of halogens is 1. The van der Waals surface area contributed by atoms with Crippen LogP contribution in [0.2, 0.25) is 0 Å². The molecule has 0 unspecified atom stereocenters. The highest BCUT2D eigenvalue weighted by molar-refractivity contribution is 9.10. The van der Waals surface area contributed by atoms with Gasteiger partial charge in [0.2, 0.25) is 5.78 Å². The Bertz CT molecular complexity index is 498. The normalized spacial score (nSPS) is 15.9. The molecule has 0 saturated carbocycles. The first kappa shape index (κ1) is 13.1. The molecular formula is C15H15BrO2. The zero-order valence-electron chi connectivity index (χ0n) is 10.3. The number of ketones is 1. The van der Waals surface area contributed by atoms with Gasteiger partial charge < -0.3 is 4.74 Å². The molecule has 2 nitrogen and oxygen atoms in total. The topological polar surface area (TPSA) is 26.3 Å². The van der Waals surface area contributed by atoms with E-state index in [4.69, 9.17) is 4.74 Å². The predicted molar refractivity (Wildman–Crippen MR) is 76.1 cm³/mol. The fraction of sp³-hybridized carbons (Fsp3) is 0.267. The van der Waals surface area contributed by atoms with E-state index in [9.17, 15) is 4.79 Å². The van der Waals surface area contributed by atoms with Crippen molar-refractivity contribution >= 4 is 27.8 Å². The minimum absolute atomic E-state index is 0.0161. The SMILES string of the molecule is C/C(=C\c1ccc(Br)cc1)C(=O)C1=CCCCO1. The van der Waals surface area contributed by atoms with Crippen LogP contribution in [0.4, 0.5) is 0 Å². The quantitative estimate of drug-likeness (QED) is 0.785. The predicted octanol–water partition coefficient (Wildman–Crippen LogP) is 4.12. The summed E-state index contributed by atoms with van der Waals surface area (Å²) in [4.78, 5) is 12.1. The number of hydrogen-bond acceptors (Lipinski definition) is 2. The van der Waals surface area contributed by atoms with E-state index < -0.39 is 0 Å². The molecule has 0 fully saturated rings. The highest BCUT2D eigenvalue weighted by Crippen LogP contribution is 2.18. The second-order valence-corrected chi connectivity index (χ2v) is 5.18. The number of carbonyl (C=O) groups is 1. The molecule has 18 heavy (non-hydrogen) atoms. The van der Waals surface area contributed by atoms with Crippen molar-refractivity contribution in [2.24, 2.45) is 0 Å². The minimum Gasteiger partial charge on any atom is -0.490 e. The lowest BCUT2D eigenvalue weighted by molar-refractivity contribution is -0.115. The summed E-state index contributed by atoms with van der Waals surface area (Å²) in [5.41, 5.74) is 1.71. The number of allylic oxidation sites excluding steroid dienone is 2. The standard InChI is InChI=1S/C15H15BrO2/c1-11(10-12-5-7-13(16)8-6-12)15(17)14-4-2-3-9-18-14/h4-8,10H,2-3,9H2,1H3/b11-10+. The van der Waals surface area contributed by atoms with E-state index >= 15 is 0 Å². The first-order chi connectivity index (χ1) is 8.66. The second kappa shape index (κ2) is 6.01. The van der Waals surface area contributed by atoms with Crippen LogP contribution >= 0.6 is 15.9 Å². The number of carbonyl (C=O) groups excluding carboxylic acids is 1. The molecule has 0 saturated heterocycles. The summed E-state index contributed by atoms with van der Waals surface area (Å²) in [6.45, 7) is 2.46. The molecule has 0 atom stereocenters. The molecule has 0 amide bonds. The molecule has 94 valence electrons. The van der Waals surface area contributed by atoms with E-state index in [2.05, 4.69) is 15.9 Å². The molecule has 1 aliphatic rings. The van der Waals surface area contributed by atoms with Gasteiger partial charge in [-0.1, -0.05) is 28.1 Å². The maximum Gasteiger partial charge on any atom is 0.222 e. The number of rotatable bonds is 3. The zero-order chi connectivity index (χ0) is 13.0. The summed E-state index contributed by atoms with van der Waals surface area (Å²) in [5, 5.41) is 0. The molecule has 0 radical (unpaired) electrons. The average Bonchev–Trinajstić information content (AvgIpc) is 2.41. The lowest BCUT2D eigenvalue weighted by Gasteiger charge is -2.13. The van der Waals surface area contributed by atoms with Gasteiger partial charge >= 0.3 is 0 Å². The molecular weight excluding hydrogens is 292 g/mol. The monoisotopic (exact) mass is 306 g/mol. The van der Waals surface area contributed by atoms with Gasteiger partial charge in [0.05, 0.1) is 6.61 Å². The molecule has 1 aromatic carbocycles. The molecule has 0 aromatic heterocycles. The minimum atomic E-state index is -0.0161. The molecule has 1 aliphatic heterocycles. The summed E-state index contributed by atoms with van der Waals surface area (Å²) < 4.78 is 6.41. The van der Waals surface area contributed by atoms with E-state index in [-0.39, 0.29) is 5.78 Å². The molecule has 1 aromatic rings. The molecule has 0 N–H and O–H groups in total. The van der Waals surface area contributed by atoms with Gasteiger partial charge in [0.25, 0.3) is 0 Å². The Labute approximate surface area is 115 Å². The van der Waals surface area contributed by atoms with Crippen LogP contribution < -0.4 is 0 Å². The zero-order valence-corrected chi connectivity index (χ0v) is 11.9. The first-order valence-electron chi connectivity index (χ1n) is 5.98. The first-order valence-corrected chi connectivity index (χ1v) is 6.77. The van der Waals surface area contributed by atoms with Crippen molar-refractivity contribution in [3.05, 3.63) is 51.7 Å². The smallest absolute Gasteiger partial charge is 0.222 e. The largest absolute Gasteiger partial charge is 0.490 e. The van der Waals surface area contributed by atoms with Gasteiger partial charge in [-0.2, -0.15) is 0 Å². The Morgan fingerprint density at radius 2 is 2.06 bits per heavy atom. The fourth-order valence-corrected chi connectivity index (χ4v) is 2.05. The van der Waals surface area contributed by atoms with Crippen LogP contribution in [0.5, 0.6) is 0 Å². The van der Waals surface area contributed by atoms with Crippen molar-refractivity contribution < 1.29 is 9.53 Å². The Morgan fingerprint density at radius 1 is 1.33 bits per heavy atom. The summed E-state index contributed by atoms with van der Waals surface area (Å²) in [6.07, 6.45) is 5.68. The Kier molecular flexibility index (Phi) is 4.37. The van der Waals surface area contributed by atoms with Crippen LogP contribution in [0, 0.1) is 0 Å². The number of hydrogen-bond donors (Lipinski definition) is 0. The lowest BCUT2D eigenvalue weighted by atomic mass is 10.1. The van der Waals surface area contributed by atoms with E-state index in [1.165, 1.54) is 0 Å². The van der Waals surface area contributed by atoms with Crippen molar-refractivity contribution in [2.45, 2.75) is 19.8 Å². The summed E-state index contributed by atoms with van der Waals surface area (Å²) >= 11 is 3.39. The average molecular weight is 307 g/mol. The van der Waals surface area contributed by atoms with Crippen LogP contribution in [0.3, 0.4) is 0 Å². The van der Waals surface area contributed by atoms with Gasteiger partial charge in [-0.3, -0.25) is 4.79 Å². The summed E-state index contributed by atoms with van der Waals surface area (Å²) in [7, 11) is 0. The van der Waals surface area contributed by atoms with Gasteiger partial charge in [-0.15, -0.1) is 0 Å². The molecule has 0 aliphatic carbocycles. The third-order valence-corrected chi connectivity index (χ3v) is 3.30. The van der Waals surface area contributed by atoms with Gasteiger partial charge in [0, 0.05) is 10.0 Å². The highest BCUT2D eigenvalue weighted by Gasteiger charge is 2.15. The van der Waals surface area contributed by atoms with Gasteiger partial charge in [-0.25, -0.2) is 0 Å². The van der Waals surface area contributed by atoms with E-state index in [1.807, 2.05) is 43.3 Å². The van der Waals surface area contributed by atoms with Crippen molar-refractivity contribution in [1.82, 2.24) is 0 Å². The van der Waals surface area contributed by atoms with Crippen LogP contribution in [0.25, 0.3) is 6.08 Å². The maximum atomic E-state index is 12.1. The van der Waals surface area contributed by atoms with Gasteiger partial charge in [-0.05, 0) is 49.6 Å². The van der Waals surface area contributed by atoms with Crippen molar-refractivity contribution in [3.8, 4) is 0 Å². The van der Waals surface area contributed by atoms with Crippen LogP contribution in [-0.2, 0) is 9.53 Å². The van der Waals surface area contributed by atoms with Crippen molar-refractivity contribution in [1.29, 1.82) is 0 Å². The van der Waals surface area contributed by atoms with Crippen LogP contribution in [-0.4, -0.2) is 12.4 Å². The highest BCUT2D eigenvalue weighted by atomic mass is 79.9. The number of Topliss-reactive ketones (excluding diaryl/α,β-unsaturated/α-hetero) is 1. The van der Waals surface area contributed by atoms with E-state index in [0.29, 0.717) is 17.9 Å². The second-order valence-electron chi connectivity index (χ2n) is 4.27. The summed E-state index contributed by atoms with van der Waals surface area (Å²) in [6, 6.07) is 7.86. The molecule has 0 bridgehead atoms. The van der Waals surface area contributed by atoms with Crippen molar-refractivity contribution in [3.63, 3.8) is 0 Å². The molecule has 2 rings (SSSR count). The van der Waals surface area contributed by atoms with Crippen LogP contribution in [0.1, 0.15) is 25.3 Å². The molecule has 0 spiro atoms. The van der Waals surface area contributed by atoms with Crippen molar-refractivity contribution in [2.75, 3.05) is 6.61 Å². The third-order valence-electron chi connectivity index (χ3n) is 2.77. The Hall–Kier alpha value is -1.35. The Morgan fingerprint density at radius 3 is 2.67 bits per heavy atom. The third kappa shape index (κ3) is 3.33. The Balaban J connectivity index is 2.15. The molecule has 3 heteroatoms. The lowest BCUT2D eigenvalue weighted by Crippen LogP contribution is -2.11. The van der Waals surface area contributed by atoms with E-state index in [0.717, 1.165) is 22.9 Å². The van der Waals surface area contributed by atoms with E-state index in [1.54, 1.807) is 0 Å². The van der Waals surface area contributed by atoms with Crippen LogP contribution in [0.15, 0.2) is 46.1 Å². The van der Waals surface area contributed by atoms with Gasteiger partial charge in [0.15, 0.2) is 5.76 Å². The maximum absolute atomic E-state index is 12.1. The summed E-state index contributed by atoms with van der Waals surface area (Å²) in [5.74, 6) is 0.477. The fourth-order valence-electron chi connectivity index (χ4n) is 1.78. The molecule has 1 heterocycles. The number of benzene rings is 1. The number of ether oxygens (including phenoxy) is 1.